The molecule has 0 radical (unpaired) electrons. The van der Waals surface area contributed by atoms with E-state index in [1.54, 1.807) is 6.92 Å². The second-order valence-electron chi connectivity index (χ2n) is 12.0. The van der Waals surface area contributed by atoms with Crippen LogP contribution in [-0.2, 0) is 9.59 Å². The molecule has 13 nitrogen and oxygen atoms in total. The molecule has 15 heteroatoms. The number of halogens is 1. The Balaban J connectivity index is 1.30. The number of aliphatic hydroxyl groups is 1. The predicted molar refractivity (Wildman–Crippen MR) is 188 cm³/mol. The van der Waals surface area contributed by atoms with Crippen LogP contribution < -0.4 is 29.6 Å². The number of nitrogens with one attached hydrogen (secondary N) is 2. The quantitative estimate of drug-likeness (QED) is 0.150. The zero-order valence-electron chi connectivity index (χ0n) is 28.0. The van der Waals surface area contributed by atoms with Crippen LogP contribution >= 0.6 is 22.9 Å². The Morgan fingerprint density at radius 2 is 1.73 bits per heavy atom. The minimum atomic E-state index is -2.07. The molecule has 0 saturated heterocycles. The number of hydrogen-bond donors (Lipinski definition) is 4. The molecule has 2 amide bonds. The number of thiazole rings is 1. The van der Waals surface area contributed by atoms with Crippen LogP contribution in [0.2, 0.25) is 5.02 Å². The largest absolute Gasteiger partial charge is 0.507 e. The van der Waals surface area contributed by atoms with Gasteiger partial charge in [0.05, 0.1) is 31.5 Å². The van der Waals surface area contributed by atoms with Crippen molar-refractivity contribution < 1.29 is 48.3 Å². The van der Waals surface area contributed by atoms with Crippen LogP contribution in [0.5, 0.6) is 28.7 Å². The van der Waals surface area contributed by atoms with Crippen LogP contribution in [0.3, 0.4) is 0 Å². The minimum absolute atomic E-state index is 0.0219. The summed E-state index contributed by atoms with van der Waals surface area (Å²) in [6.07, 6.45) is -0.588. The SMILES string of the molecule is COc1cc(C(CC(=O)NCCNC(=O)c2nc3ccccc3s2)C2=C(O)C3(Oc4c(Cl)c(OC)cc(OC)c4C3=O)C(C)CC2=O)ccc1O. The Morgan fingerprint density at radius 3 is 2.43 bits per heavy atom. The molecule has 3 aromatic carbocycles. The summed E-state index contributed by atoms with van der Waals surface area (Å²) in [6.45, 7) is 1.72. The van der Waals surface area contributed by atoms with Crippen LogP contribution in [0.1, 0.15) is 51.4 Å². The van der Waals surface area contributed by atoms with E-state index in [2.05, 4.69) is 15.6 Å². The lowest BCUT2D eigenvalue weighted by Gasteiger charge is -2.38. The number of methoxy groups -OCH3 is 3. The molecule has 1 aliphatic heterocycles. The van der Waals surface area contributed by atoms with Crippen LogP contribution in [0.25, 0.3) is 10.2 Å². The summed E-state index contributed by atoms with van der Waals surface area (Å²) in [4.78, 5) is 58.7. The Morgan fingerprint density at radius 1 is 1.02 bits per heavy atom. The van der Waals surface area contributed by atoms with E-state index in [0.29, 0.717) is 11.1 Å². The standard InChI is InChI=1S/C36H34ClN3O10S/c1-17-13-22(42)28(32(44)36(17)33(45)29-24(48-3)16-25(49-4)30(37)31(29)50-36)19(18-9-10-21(41)23(14-18)47-2)15-27(43)38-11-12-39-34(46)35-40-20-7-5-6-8-26(20)51-35/h5-10,14,16-17,19,41,44H,11-13,15H2,1-4H3,(H,38,43)(H,39,46). The molecule has 2 aliphatic rings. The van der Waals surface area contributed by atoms with E-state index in [4.69, 9.17) is 30.5 Å². The van der Waals surface area contributed by atoms with E-state index >= 15 is 0 Å². The molecule has 4 N–H and O–H groups in total. The van der Waals surface area contributed by atoms with E-state index in [1.165, 1.54) is 56.9 Å². The number of Topliss-reactive ketones (excluding diaryl/α,β-unsaturated/α-hetero) is 2. The second kappa shape index (κ2) is 14.1. The van der Waals surface area contributed by atoms with Crippen molar-refractivity contribution in [2.75, 3.05) is 34.4 Å². The fraction of sp³-hybridized carbons (Fsp3) is 0.306. The number of para-hydroxylation sites is 1. The van der Waals surface area contributed by atoms with Gasteiger partial charge in [-0.05, 0) is 29.8 Å². The molecule has 0 bridgehead atoms. The number of aliphatic hydroxyl groups excluding tert-OH is 1. The number of carbonyl (C=O) groups excluding carboxylic acids is 4. The number of benzene rings is 3. The molecule has 3 unspecified atom stereocenters. The molecular weight excluding hydrogens is 702 g/mol. The first-order valence-corrected chi connectivity index (χ1v) is 17.1. The molecule has 2 heterocycles. The van der Waals surface area contributed by atoms with Gasteiger partial charge in [0.2, 0.25) is 17.3 Å². The minimum Gasteiger partial charge on any atom is -0.507 e. The van der Waals surface area contributed by atoms with Crippen molar-refractivity contribution in [3.63, 3.8) is 0 Å². The highest BCUT2D eigenvalue weighted by atomic mass is 35.5. The number of nitrogens with zero attached hydrogens (tertiary/aromatic N) is 1. The summed E-state index contributed by atoms with van der Waals surface area (Å²) >= 11 is 7.83. The average molecular weight is 736 g/mol. The number of hydrogen-bond acceptors (Lipinski definition) is 12. The summed E-state index contributed by atoms with van der Waals surface area (Å²) in [6, 6.07) is 13.1. The first-order chi connectivity index (χ1) is 24.4. The highest BCUT2D eigenvalue weighted by Crippen LogP contribution is 2.56. The first kappa shape index (κ1) is 35.5. The zero-order chi connectivity index (χ0) is 36.6. The second-order valence-corrected chi connectivity index (χ2v) is 13.4. The van der Waals surface area contributed by atoms with Gasteiger partial charge >= 0.3 is 0 Å². The van der Waals surface area contributed by atoms with Gasteiger partial charge in [-0.3, -0.25) is 19.2 Å². The molecule has 3 atom stereocenters. The van der Waals surface area contributed by atoms with Crippen molar-refractivity contribution in [2.24, 2.45) is 5.92 Å². The number of fused-ring (bicyclic) bond motifs is 2. The van der Waals surface area contributed by atoms with E-state index in [9.17, 15) is 29.4 Å². The summed E-state index contributed by atoms with van der Waals surface area (Å²) in [5.74, 6) is -4.69. The van der Waals surface area contributed by atoms with Crippen LogP contribution in [-0.4, -0.2) is 78.6 Å². The molecule has 266 valence electrons. The third kappa shape index (κ3) is 6.18. The van der Waals surface area contributed by atoms with Crippen molar-refractivity contribution in [1.29, 1.82) is 0 Å². The fourth-order valence-electron chi connectivity index (χ4n) is 6.52. The van der Waals surface area contributed by atoms with Gasteiger partial charge in [-0.25, -0.2) is 4.98 Å². The number of carbonyl (C=O) groups is 4. The van der Waals surface area contributed by atoms with Crippen LogP contribution in [0, 0.1) is 5.92 Å². The highest BCUT2D eigenvalue weighted by Gasteiger charge is 2.61. The van der Waals surface area contributed by atoms with Crippen molar-refractivity contribution in [3.8, 4) is 28.7 Å². The van der Waals surface area contributed by atoms with Crippen LogP contribution in [0.4, 0.5) is 0 Å². The number of amides is 2. The van der Waals surface area contributed by atoms with Gasteiger partial charge in [-0.15, -0.1) is 11.3 Å². The molecule has 1 aromatic heterocycles. The molecule has 6 rings (SSSR count). The third-order valence-electron chi connectivity index (χ3n) is 9.08. The normalized spacial score (nSPS) is 18.7. The number of allylic oxidation sites excluding steroid dienone is 1. The average Bonchev–Trinajstić information content (AvgIpc) is 3.70. The van der Waals surface area contributed by atoms with Gasteiger partial charge in [-0.2, -0.15) is 0 Å². The van der Waals surface area contributed by atoms with Crippen LogP contribution in [0.15, 0.2) is 59.9 Å². The van der Waals surface area contributed by atoms with Gasteiger partial charge < -0.3 is 39.8 Å². The lowest BCUT2D eigenvalue weighted by molar-refractivity contribution is -0.121. The lowest BCUT2D eigenvalue weighted by Crippen LogP contribution is -2.53. The number of aromatic nitrogens is 1. The summed E-state index contributed by atoms with van der Waals surface area (Å²) in [5, 5.41) is 28.1. The molecule has 0 saturated carbocycles. The maximum Gasteiger partial charge on any atom is 0.280 e. The molecular formula is C36H34ClN3O10S. The van der Waals surface area contributed by atoms with Gasteiger partial charge in [0, 0.05) is 49.4 Å². The maximum atomic E-state index is 14.3. The number of phenols is 1. The monoisotopic (exact) mass is 735 g/mol. The number of ketones is 2. The molecule has 1 aliphatic carbocycles. The zero-order valence-corrected chi connectivity index (χ0v) is 29.6. The van der Waals surface area contributed by atoms with Gasteiger partial charge in [0.15, 0.2) is 33.8 Å². The summed E-state index contributed by atoms with van der Waals surface area (Å²) in [7, 11) is 4.08. The topological polar surface area (TPSA) is 183 Å². The Labute approximate surface area is 301 Å². The molecule has 4 aromatic rings. The molecule has 1 spiro atoms. The number of phenolic OH excluding ortho intramolecular Hbond substituents is 1. The van der Waals surface area contributed by atoms with Gasteiger partial charge in [-0.1, -0.05) is 36.7 Å². The molecule has 51 heavy (non-hydrogen) atoms. The van der Waals surface area contributed by atoms with Gasteiger partial charge in [0.1, 0.15) is 22.1 Å². The lowest BCUT2D eigenvalue weighted by atomic mass is 9.69. The highest BCUT2D eigenvalue weighted by molar-refractivity contribution is 7.20. The number of aromatic hydroxyl groups is 1. The summed E-state index contributed by atoms with van der Waals surface area (Å²) in [5.41, 5.74) is -1.27. The van der Waals surface area contributed by atoms with Crippen molar-refractivity contribution in [3.05, 3.63) is 81.0 Å². The maximum absolute atomic E-state index is 14.3. The molecule has 0 fully saturated rings. The van der Waals surface area contributed by atoms with Crippen molar-refractivity contribution >= 4 is 56.5 Å². The van der Waals surface area contributed by atoms with E-state index in [1.807, 2.05) is 24.3 Å². The van der Waals surface area contributed by atoms with E-state index in [0.717, 1.165) is 4.70 Å². The predicted octanol–water partition coefficient (Wildman–Crippen LogP) is 5.14. The van der Waals surface area contributed by atoms with Crippen molar-refractivity contribution in [2.45, 2.75) is 31.3 Å². The number of rotatable bonds is 11. The Kier molecular flexibility index (Phi) is 9.82. The van der Waals surface area contributed by atoms with Gasteiger partial charge in [0.25, 0.3) is 5.91 Å². The van der Waals surface area contributed by atoms with E-state index < -0.39 is 46.6 Å². The first-order valence-electron chi connectivity index (χ1n) is 15.9. The Hall–Kier alpha value is -5.34. The smallest absolute Gasteiger partial charge is 0.280 e. The summed E-state index contributed by atoms with van der Waals surface area (Å²) < 4.78 is 23.2. The fourth-order valence-corrected chi connectivity index (χ4v) is 7.66. The third-order valence-corrected chi connectivity index (χ3v) is 10.5. The van der Waals surface area contributed by atoms with Crippen molar-refractivity contribution in [1.82, 2.24) is 15.6 Å². The van der Waals surface area contributed by atoms with E-state index in [-0.39, 0.29) is 75.8 Å². The Bertz CT molecular complexity index is 2080. The number of ether oxygens (including phenoxy) is 4.